The van der Waals surface area contributed by atoms with Crippen LogP contribution in [0.25, 0.3) is 10.3 Å². The molecule has 0 aliphatic carbocycles. The minimum atomic E-state index is -0.128. The Hall–Kier alpha value is -1.44. The topological polar surface area (TPSA) is 62.6 Å². The van der Waals surface area contributed by atoms with Crippen LogP contribution in [0.4, 0.5) is 5.13 Å². The summed E-state index contributed by atoms with van der Waals surface area (Å²) < 4.78 is 7.22. The van der Waals surface area contributed by atoms with Gasteiger partial charge in [-0.2, -0.15) is 4.98 Å². The second kappa shape index (κ2) is 5.03. The minimum Gasteiger partial charge on any atom is -0.455 e. The Bertz CT molecular complexity index is 800. The van der Waals surface area contributed by atoms with Crippen LogP contribution in [0.5, 0.6) is 0 Å². The highest BCUT2D eigenvalue weighted by Crippen LogP contribution is 2.41. The van der Waals surface area contributed by atoms with Crippen molar-refractivity contribution < 1.29 is 4.74 Å². The number of thiazole rings is 1. The maximum Gasteiger partial charge on any atom is 0.291 e. The summed E-state index contributed by atoms with van der Waals surface area (Å²) in [6.07, 6.45) is 4.04. The highest BCUT2D eigenvalue weighted by molar-refractivity contribution is 7.22. The van der Waals surface area contributed by atoms with Crippen LogP contribution < -0.4 is 5.32 Å². The molecule has 0 aromatic carbocycles. The molecule has 2 aromatic rings. The zero-order valence-electron chi connectivity index (χ0n) is 12.5. The molecule has 8 heteroatoms. The predicted octanol–water partition coefficient (Wildman–Crippen LogP) is 2.61. The molecule has 0 unspecified atom stereocenters. The fourth-order valence-corrected chi connectivity index (χ4v) is 4.96. The number of hydrogen-bond donors (Lipinski definition) is 1. The standard InChI is InChI=1S/C15H16ClN5OS/c16-10-5-11-12(17-6-10)19-14(23-11)20-13-18-7-15(22-13)8-21-3-1-9(15)2-4-21/h5-6,9H,1-4,7-8H2,(H,17,18,19,20)/t15-/m0/s1. The van der Waals surface area contributed by atoms with Crippen LogP contribution in [-0.2, 0) is 4.74 Å². The number of ether oxygens (including phenoxy) is 1. The number of piperidine rings is 3. The molecule has 6 heterocycles. The van der Waals surface area contributed by atoms with Crippen molar-refractivity contribution in [3.8, 4) is 0 Å². The van der Waals surface area contributed by atoms with Crippen LogP contribution in [-0.4, -0.2) is 52.7 Å². The summed E-state index contributed by atoms with van der Waals surface area (Å²) in [5.74, 6) is 0.617. The molecule has 1 spiro atoms. The van der Waals surface area contributed by atoms with Crippen molar-refractivity contribution >= 4 is 44.4 Å². The number of anilines is 1. The maximum atomic E-state index is 6.26. The Morgan fingerprint density at radius 2 is 2.26 bits per heavy atom. The zero-order chi connectivity index (χ0) is 15.4. The lowest BCUT2D eigenvalue weighted by molar-refractivity contribution is -0.0829. The number of aliphatic imine (C=N–C) groups is 1. The van der Waals surface area contributed by atoms with Gasteiger partial charge < -0.3 is 4.74 Å². The summed E-state index contributed by atoms with van der Waals surface area (Å²) in [4.78, 5) is 15.8. The summed E-state index contributed by atoms with van der Waals surface area (Å²) in [5.41, 5.74) is 0.565. The Morgan fingerprint density at radius 1 is 1.39 bits per heavy atom. The second-order valence-corrected chi connectivity index (χ2v) is 7.93. The van der Waals surface area contributed by atoms with Gasteiger partial charge in [0.2, 0.25) is 0 Å². The van der Waals surface area contributed by atoms with Crippen LogP contribution in [0.3, 0.4) is 0 Å². The molecule has 4 aliphatic heterocycles. The molecule has 0 amide bonds. The van der Waals surface area contributed by atoms with Gasteiger partial charge >= 0.3 is 0 Å². The number of nitrogens with zero attached hydrogens (tertiary/aromatic N) is 4. The molecule has 0 radical (unpaired) electrons. The highest BCUT2D eigenvalue weighted by Gasteiger charge is 2.51. The monoisotopic (exact) mass is 349 g/mol. The average Bonchev–Trinajstić information content (AvgIpc) is 3.12. The van der Waals surface area contributed by atoms with Gasteiger partial charge in [0, 0.05) is 18.7 Å². The van der Waals surface area contributed by atoms with Gasteiger partial charge in [0.1, 0.15) is 5.60 Å². The van der Waals surface area contributed by atoms with E-state index in [1.165, 1.54) is 37.3 Å². The third-order valence-corrected chi connectivity index (χ3v) is 6.15. The van der Waals surface area contributed by atoms with E-state index in [-0.39, 0.29) is 5.60 Å². The Labute approximate surface area is 142 Å². The van der Waals surface area contributed by atoms with E-state index in [2.05, 4.69) is 25.2 Å². The number of nitrogens with one attached hydrogen (secondary N) is 1. The van der Waals surface area contributed by atoms with E-state index in [0.29, 0.717) is 22.6 Å². The van der Waals surface area contributed by atoms with Crippen molar-refractivity contribution in [3.63, 3.8) is 0 Å². The molecule has 1 atom stereocenters. The van der Waals surface area contributed by atoms with Crippen molar-refractivity contribution in [3.05, 3.63) is 17.3 Å². The number of rotatable bonds is 1. The number of pyridine rings is 1. The third kappa shape index (κ3) is 2.29. The Kier molecular flexibility index (Phi) is 3.05. The van der Waals surface area contributed by atoms with E-state index in [9.17, 15) is 0 Å². The van der Waals surface area contributed by atoms with Crippen LogP contribution in [0.1, 0.15) is 12.8 Å². The Morgan fingerprint density at radius 3 is 3.04 bits per heavy atom. The first-order valence-corrected chi connectivity index (χ1v) is 9.05. The van der Waals surface area contributed by atoms with E-state index in [1.807, 2.05) is 6.07 Å². The van der Waals surface area contributed by atoms with Crippen molar-refractivity contribution in [2.24, 2.45) is 10.9 Å². The Balaban J connectivity index is 1.35. The molecular weight excluding hydrogens is 334 g/mol. The first kappa shape index (κ1) is 13.9. The fraction of sp³-hybridized carbons (Fsp3) is 0.533. The van der Waals surface area contributed by atoms with Crippen molar-refractivity contribution in [1.82, 2.24) is 14.9 Å². The SMILES string of the molecule is Clc1cnc2nc(NC3=NC[C@@]4(CN5CCC4CC5)O3)sc2c1. The van der Waals surface area contributed by atoms with E-state index in [4.69, 9.17) is 16.3 Å². The van der Waals surface area contributed by atoms with Gasteiger partial charge in [-0.15, -0.1) is 0 Å². The first-order valence-electron chi connectivity index (χ1n) is 7.85. The van der Waals surface area contributed by atoms with Crippen LogP contribution >= 0.6 is 22.9 Å². The normalized spacial score (nSPS) is 32.3. The van der Waals surface area contributed by atoms with E-state index < -0.39 is 0 Å². The summed E-state index contributed by atoms with van der Waals surface area (Å²) in [6.45, 7) is 4.13. The van der Waals surface area contributed by atoms with Gasteiger partial charge in [-0.25, -0.2) is 9.98 Å². The highest BCUT2D eigenvalue weighted by atomic mass is 35.5. The van der Waals surface area contributed by atoms with Crippen LogP contribution in [0, 0.1) is 5.92 Å². The minimum absolute atomic E-state index is 0.128. The van der Waals surface area contributed by atoms with Gasteiger partial charge in [-0.05, 0) is 32.0 Å². The molecule has 3 saturated heterocycles. The van der Waals surface area contributed by atoms with Crippen LogP contribution in [0.15, 0.2) is 17.3 Å². The summed E-state index contributed by atoms with van der Waals surface area (Å²) >= 11 is 7.48. The van der Waals surface area contributed by atoms with E-state index in [0.717, 1.165) is 22.9 Å². The lowest BCUT2D eigenvalue weighted by Gasteiger charge is -2.50. The van der Waals surface area contributed by atoms with Crippen molar-refractivity contribution in [2.75, 3.05) is 31.5 Å². The van der Waals surface area contributed by atoms with Crippen LogP contribution in [0.2, 0.25) is 5.02 Å². The molecule has 4 aliphatic rings. The average molecular weight is 350 g/mol. The number of fused-ring (bicyclic) bond motifs is 3. The summed E-state index contributed by atoms with van der Waals surface area (Å²) in [7, 11) is 0. The van der Waals surface area contributed by atoms with Gasteiger partial charge in [-0.3, -0.25) is 10.2 Å². The maximum absolute atomic E-state index is 6.26. The molecule has 3 fully saturated rings. The number of aromatic nitrogens is 2. The fourth-order valence-electron chi connectivity index (χ4n) is 3.89. The van der Waals surface area contributed by atoms with Crippen molar-refractivity contribution in [1.29, 1.82) is 0 Å². The lowest BCUT2D eigenvalue weighted by atomic mass is 9.75. The molecule has 23 heavy (non-hydrogen) atoms. The molecule has 2 bridgehead atoms. The van der Waals surface area contributed by atoms with Gasteiger partial charge in [0.25, 0.3) is 6.02 Å². The number of hydrogen-bond acceptors (Lipinski definition) is 7. The molecule has 6 nitrogen and oxygen atoms in total. The summed E-state index contributed by atoms with van der Waals surface area (Å²) in [5, 5.41) is 4.58. The number of halogens is 1. The second-order valence-electron chi connectivity index (χ2n) is 6.46. The largest absolute Gasteiger partial charge is 0.455 e. The van der Waals surface area contributed by atoms with Gasteiger partial charge in [0.15, 0.2) is 10.8 Å². The quantitative estimate of drug-likeness (QED) is 0.857. The zero-order valence-corrected chi connectivity index (χ0v) is 14.0. The molecular formula is C15H16ClN5OS. The lowest BCUT2D eigenvalue weighted by Crippen LogP contribution is -2.61. The number of amidine groups is 1. The molecule has 2 aromatic heterocycles. The molecule has 1 N–H and O–H groups in total. The summed E-state index contributed by atoms with van der Waals surface area (Å²) in [6, 6.07) is 2.46. The van der Waals surface area contributed by atoms with E-state index in [1.54, 1.807) is 6.20 Å². The smallest absolute Gasteiger partial charge is 0.291 e. The molecule has 6 rings (SSSR count). The molecule has 120 valence electrons. The van der Waals surface area contributed by atoms with E-state index >= 15 is 0 Å². The first-order chi connectivity index (χ1) is 11.2. The van der Waals surface area contributed by atoms with Crippen molar-refractivity contribution in [2.45, 2.75) is 18.4 Å². The molecule has 0 saturated carbocycles. The van der Waals surface area contributed by atoms with Gasteiger partial charge in [0.05, 0.1) is 16.3 Å². The predicted molar refractivity (Wildman–Crippen MR) is 91.3 cm³/mol. The third-order valence-electron chi connectivity index (χ3n) is 5.04. The van der Waals surface area contributed by atoms with Gasteiger partial charge in [-0.1, -0.05) is 22.9 Å².